The summed E-state index contributed by atoms with van der Waals surface area (Å²) in [5.74, 6) is 0.389. The standard InChI is InChI=1S/C11H12Cl2N2O2/c1-11(16,5-14)4-9-15-8-3-6(12)2-7(13)10(8)17-9/h2-3,16H,4-5,14H2,1H3. The number of aliphatic hydroxyl groups is 1. The van der Waals surface area contributed by atoms with Gasteiger partial charge in [0, 0.05) is 11.6 Å². The molecule has 0 spiro atoms. The van der Waals surface area contributed by atoms with E-state index in [4.69, 9.17) is 33.4 Å². The lowest BCUT2D eigenvalue weighted by atomic mass is 10.0. The van der Waals surface area contributed by atoms with Gasteiger partial charge in [0.05, 0.1) is 17.0 Å². The largest absolute Gasteiger partial charge is 0.439 e. The molecule has 1 aromatic heterocycles. The van der Waals surface area contributed by atoms with Crippen LogP contribution in [0.5, 0.6) is 0 Å². The number of nitrogens with two attached hydrogens (primary N) is 1. The Bertz CT molecular complexity index is 552. The van der Waals surface area contributed by atoms with E-state index in [1.165, 1.54) is 0 Å². The molecule has 0 aliphatic rings. The van der Waals surface area contributed by atoms with Gasteiger partial charge in [-0.1, -0.05) is 23.2 Å². The molecule has 1 unspecified atom stereocenters. The van der Waals surface area contributed by atoms with Crippen LogP contribution in [0.4, 0.5) is 0 Å². The Balaban J connectivity index is 2.42. The fourth-order valence-electron chi connectivity index (χ4n) is 1.48. The summed E-state index contributed by atoms with van der Waals surface area (Å²) in [5, 5.41) is 10.7. The van der Waals surface area contributed by atoms with Crippen LogP contribution in [0.1, 0.15) is 12.8 Å². The van der Waals surface area contributed by atoms with Crippen LogP contribution < -0.4 is 5.73 Å². The minimum Gasteiger partial charge on any atom is -0.439 e. The molecule has 0 aliphatic carbocycles. The molecule has 1 atom stereocenters. The fourth-order valence-corrected chi connectivity index (χ4v) is 2.00. The van der Waals surface area contributed by atoms with Crippen LogP contribution in [0, 0.1) is 0 Å². The Kier molecular flexibility index (Phi) is 3.32. The first-order valence-electron chi connectivity index (χ1n) is 5.08. The second-order valence-corrected chi connectivity index (χ2v) is 5.06. The number of rotatable bonds is 3. The minimum absolute atomic E-state index is 0.125. The molecule has 2 aromatic rings. The van der Waals surface area contributed by atoms with Gasteiger partial charge in [0.25, 0.3) is 0 Å². The van der Waals surface area contributed by atoms with Gasteiger partial charge in [0.1, 0.15) is 5.52 Å². The van der Waals surface area contributed by atoms with E-state index in [0.717, 1.165) is 0 Å². The van der Waals surface area contributed by atoms with Gasteiger partial charge < -0.3 is 15.3 Å². The summed E-state index contributed by atoms with van der Waals surface area (Å²) in [4.78, 5) is 4.22. The molecule has 0 radical (unpaired) electrons. The number of halogens is 2. The summed E-state index contributed by atoms with van der Waals surface area (Å²) in [7, 11) is 0. The molecule has 6 heteroatoms. The van der Waals surface area contributed by atoms with Crippen molar-refractivity contribution in [2.45, 2.75) is 18.9 Å². The Morgan fingerprint density at radius 3 is 2.82 bits per heavy atom. The Morgan fingerprint density at radius 1 is 1.47 bits per heavy atom. The molecule has 0 amide bonds. The molecule has 4 nitrogen and oxygen atoms in total. The Labute approximate surface area is 108 Å². The maximum Gasteiger partial charge on any atom is 0.198 e. The van der Waals surface area contributed by atoms with E-state index in [9.17, 15) is 5.11 Å². The van der Waals surface area contributed by atoms with Crippen molar-refractivity contribution >= 4 is 34.3 Å². The quantitative estimate of drug-likeness (QED) is 0.902. The molecule has 0 fully saturated rings. The van der Waals surface area contributed by atoms with E-state index in [-0.39, 0.29) is 13.0 Å². The summed E-state index contributed by atoms with van der Waals surface area (Å²) in [6.07, 6.45) is 0.228. The third-order valence-electron chi connectivity index (χ3n) is 2.43. The predicted molar refractivity (Wildman–Crippen MR) is 67.4 cm³/mol. The minimum atomic E-state index is -1.04. The highest BCUT2D eigenvalue weighted by molar-refractivity contribution is 6.37. The van der Waals surface area contributed by atoms with Gasteiger partial charge in [-0.3, -0.25) is 0 Å². The van der Waals surface area contributed by atoms with Crippen molar-refractivity contribution in [3.63, 3.8) is 0 Å². The number of hydrogen-bond acceptors (Lipinski definition) is 4. The van der Waals surface area contributed by atoms with E-state index in [0.29, 0.717) is 27.0 Å². The third-order valence-corrected chi connectivity index (χ3v) is 2.92. The summed E-state index contributed by atoms with van der Waals surface area (Å²) in [6, 6.07) is 3.24. The summed E-state index contributed by atoms with van der Waals surface area (Å²) >= 11 is 11.8. The summed E-state index contributed by atoms with van der Waals surface area (Å²) < 4.78 is 5.47. The number of aromatic nitrogens is 1. The summed E-state index contributed by atoms with van der Waals surface area (Å²) in [5.41, 5.74) is 5.44. The number of nitrogens with zero attached hydrogens (tertiary/aromatic N) is 1. The molecular weight excluding hydrogens is 263 g/mol. The second kappa shape index (κ2) is 4.46. The van der Waals surface area contributed by atoms with E-state index in [2.05, 4.69) is 4.98 Å². The number of fused-ring (bicyclic) bond motifs is 1. The molecule has 17 heavy (non-hydrogen) atoms. The molecular formula is C11H12Cl2N2O2. The SMILES string of the molecule is CC(O)(CN)Cc1nc2cc(Cl)cc(Cl)c2o1. The van der Waals surface area contributed by atoms with Gasteiger partial charge in [-0.25, -0.2) is 4.98 Å². The maximum absolute atomic E-state index is 9.84. The molecule has 1 aromatic carbocycles. The van der Waals surface area contributed by atoms with Crippen molar-refractivity contribution in [2.24, 2.45) is 5.73 Å². The van der Waals surface area contributed by atoms with E-state index in [1.807, 2.05) is 0 Å². The number of oxazole rings is 1. The highest BCUT2D eigenvalue weighted by Gasteiger charge is 2.22. The topological polar surface area (TPSA) is 72.3 Å². The molecule has 1 heterocycles. The van der Waals surface area contributed by atoms with Gasteiger partial charge in [-0.2, -0.15) is 0 Å². The van der Waals surface area contributed by atoms with Crippen LogP contribution in [0.25, 0.3) is 11.1 Å². The lowest BCUT2D eigenvalue weighted by Crippen LogP contribution is -2.36. The average molecular weight is 275 g/mol. The molecule has 2 rings (SSSR count). The average Bonchev–Trinajstić information content (AvgIpc) is 2.59. The predicted octanol–water partition coefficient (Wildman–Crippen LogP) is 2.39. The molecule has 92 valence electrons. The number of benzene rings is 1. The number of hydrogen-bond donors (Lipinski definition) is 2. The van der Waals surface area contributed by atoms with E-state index < -0.39 is 5.60 Å². The first kappa shape index (κ1) is 12.6. The van der Waals surface area contributed by atoms with Crippen molar-refractivity contribution in [3.05, 3.63) is 28.1 Å². The highest BCUT2D eigenvalue weighted by Crippen LogP contribution is 2.29. The van der Waals surface area contributed by atoms with Crippen molar-refractivity contribution in [1.29, 1.82) is 0 Å². The zero-order valence-corrected chi connectivity index (χ0v) is 10.7. The lowest BCUT2D eigenvalue weighted by Gasteiger charge is -2.18. The van der Waals surface area contributed by atoms with Crippen molar-refractivity contribution < 1.29 is 9.52 Å². The highest BCUT2D eigenvalue weighted by atomic mass is 35.5. The summed E-state index contributed by atoms with van der Waals surface area (Å²) in [6.45, 7) is 1.75. The van der Waals surface area contributed by atoms with Crippen LogP contribution in [0.15, 0.2) is 16.5 Å². The van der Waals surface area contributed by atoms with E-state index >= 15 is 0 Å². The Hall–Kier alpha value is -0.810. The van der Waals surface area contributed by atoms with Gasteiger partial charge in [-0.05, 0) is 19.1 Å². The van der Waals surface area contributed by atoms with Gasteiger partial charge in [0.2, 0.25) is 0 Å². The van der Waals surface area contributed by atoms with Crippen LogP contribution in [0.3, 0.4) is 0 Å². The van der Waals surface area contributed by atoms with Crippen molar-refractivity contribution in [2.75, 3.05) is 6.54 Å². The zero-order valence-electron chi connectivity index (χ0n) is 9.20. The lowest BCUT2D eigenvalue weighted by molar-refractivity contribution is 0.0632. The van der Waals surface area contributed by atoms with Gasteiger partial charge >= 0.3 is 0 Å². The van der Waals surface area contributed by atoms with Crippen LogP contribution in [-0.2, 0) is 6.42 Å². The van der Waals surface area contributed by atoms with Crippen LogP contribution in [-0.4, -0.2) is 22.2 Å². The fraction of sp³-hybridized carbons (Fsp3) is 0.364. The zero-order chi connectivity index (χ0) is 12.6. The molecule has 0 aliphatic heterocycles. The van der Waals surface area contributed by atoms with Gasteiger partial charge in [0.15, 0.2) is 11.5 Å². The van der Waals surface area contributed by atoms with Gasteiger partial charge in [-0.15, -0.1) is 0 Å². The molecule has 3 N–H and O–H groups in total. The smallest absolute Gasteiger partial charge is 0.198 e. The third kappa shape index (κ3) is 2.72. The van der Waals surface area contributed by atoms with E-state index in [1.54, 1.807) is 19.1 Å². The van der Waals surface area contributed by atoms with Crippen molar-refractivity contribution in [3.8, 4) is 0 Å². The first-order chi connectivity index (χ1) is 7.91. The normalized spacial score (nSPS) is 15.1. The molecule has 0 saturated carbocycles. The molecule has 0 bridgehead atoms. The molecule has 0 saturated heterocycles. The van der Waals surface area contributed by atoms with Crippen LogP contribution in [0.2, 0.25) is 10.0 Å². The Morgan fingerprint density at radius 2 is 2.18 bits per heavy atom. The first-order valence-corrected chi connectivity index (χ1v) is 5.84. The van der Waals surface area contributed by atoms with Crippen molar-refractivity contribution in [1.82, 2.24) is 4.98 Å². The second-order valence-electron chi connectivity index (χ2n) is 4.22. The monoisotopic (exact) mass is 274 g/mol. The maximum atomic E-state index is 9.84. The van der Waals surface area contributed by atoms with Crippen LogP contribution >= 0.6 is 23.2 Å².